The highest BCUT2D eigenvalue weighted by molar-refractivity contribution is 7.89. The van der Waals surface area contributed by atoms with Crippen molar-refractivity contribution < 1.29 is 12.8 Å². The number of nitrogens with zero attached hydrogens (tertiary/aromatic N) is 2. The zero-order chi connectivity index (χ0) is 19.7. The number of fused-ring (bicyclic) bond motifs is 1. The fourth-order valence-electron chi connectivity index (χ4n) is 4.23. The van der Waals surface area contributed by atoms with Gasteiger partial charge < -0.3 is 4.90 Å². The van der Waals surface area contributed by atoms with Crippen molar-refractivity contribution in [3.05, 3.63) is 59.4 Å². The van der Waals surface area contributed by atoms with Crippen LogP contribution in [0.2, 0.25) is 0 Å². The molecule has 150 valence electrons. The molecule has 7 heteroatoms. The van der Waals surface area contributed by atoms with Crippen LogP contribution >= 0.6 is 0 Å². The smallest absolute Gasteiger partial charge is 0.243 e. The number of halogens is 1. The second kappa shape index (κ2) is 7.81. The Morgan fingerprint density at radius 2 is 1.86 bits per heavy atom. The maximum Gasteiger partial charge on any atom is 0.243 e. The summed E-state index contributed by atoms with van der Waals surface area (Å²) in [5.74, 6) is -0.728. The van der Waals surface area contributed by atoms with Crippen LogP contribution in [0, 0.1) is 5.82 Å². The number of nitrogens with one attached hydrogen (secondary N) is 1. The third-order valence-electron chi connectivity index (χ3n) is 5.79. The van der Waals surface area contributed by atoms with E-state index >= 15 is 0 Å². The lowest BCUT2D eigenvalue weighted by Gasteiger charge is -2.29. The average Bonchev–Trinajstić information content (AvgIpc) is 3.33. The molecule has 0 amide bonds. The molecule has 0 unspecified atom stereocenters. The molecule has 1 atom stereocenters. The number of anilines is 1. The first-order chi connectivity index (χ1) is 13.5. The molecular weight excluding hydrogens is 377 g/mol. The van der Waals surface area contributed by atoms with Crippen molar-refractivity contribution in [2.45, 2.75) is 30.2 Å². The zero-order valence-electron chi connectivity index (χ0n) is 16.1. The molecule has 0 bridgehead atoms. The molecule has 0 radical (unpaired) electrons. The van der Waals surface area contributed by atoms with Gasteiger partial charge in [0.05, 0.1) is 0 Å². The van der Waals surface area contributed by atoms with Crippen molar-refractivity contribution in [1.82, 2.24) is 9.62 Å². The van der Waals surface area contributed by atoms with Crippen molar-refractivity contribution in [3.63, 3.8) is 0 Å². The van der Waals surface area contributed by atoms with E-state index in [-0.39, 0.29) is 17.5 Å². The van der Waals surface area contributed by atoms with Crippen LogP contribution in [0.3, 0.4) is 0 Å². The molecule has 0 spiro atoms. The van der Waals surface area contributed by atoms with E-state index in [1.165, 1.54) is 35.5 Å². The van der Waals surface area contributed by atoms with E-state index < -0.39 is 15.8 Å². The average molecular weight is 404 g/mol. The van der Waals surface area contributed by atoms with E-state index in [1.54, 1.807) is 0 Å². The second-order valence-corrected chi connectivity index (χ2v) is 9.34. The molecule has 0 saturated carbocycles. The van der Waals surface area contributed by atoms with Gasteiger partial charge in [-0.05, 0) is 61.7 Å². The van der Waals surface area contributed by atoms with E-state index in [0.717, 1.165) is 44.5 Å². The SMILES string of the molecule is CN1CCc2cc([C@@H](CNS(=O)(=O)c3ccccc3F)N3CCCC3)ccc21. The minimum Gasteiger partial charge on any atom is -0.374 e. The summed E-state index contributed by atoms with van der Waals surface area (Å²) in [5, 5.41) is 0. The fraction of sp³-hybridized carbons (Fsp3) is 0.429. The summed E-state index contributed by atoms with van der Waals surface area (Å²) < 4.78 is 41.9. The van der Waals surface area contributed by atoms with Gasteiger partial charge in [-0.25, -0.2) is 17.5 Å². The van der Waals surface area contributed by atoms with E-state index in [2.05, 4.69) is 39.8 Å². The lowest BCUT2D eigenvalue weighted by Crippen LogP contribution is -2.37. The molecular formula is C21H26FN3O2S. The molecule has 1 N–H and O–H groups in total. The van der Waals surface area contributed by atoms with Crippen LogP contribution in [0.5, 0.6) is 0 Å². The Morgan fingerprint density at radius 3 is 2.61 bits per heavy atom. The van der Waals surface area contributed by atoms with Crippen LogP contribution in [0.1, 0.15) is 30.0 Å². The molecule has 0 aromatic heterocycles. The van der Waals surface area contributed by atoms with Crippen molar-refractivity contribution in [3.8, 4) is 0 Å². The van der Waals surface area contributed by atoms with Gasteiger partial charge in [0.2, 0.25) is 10.0 Å². The van der Waals surface area contributed by atoms with Crippen molar-refractivity contribution >= 4 is 15.7 Å². The van der Waals surface area contributed by atoms with Crippen LogP contribution in [-0.4, -0.2) is 46.5 Å². The van der Waals surface area contributed by atoms with Crippen LogP contribution in [0.25, 0.3) is 0 Å². The molecule has 28 heavy (non-hydrogen) atoms. The maximum absolute atomic E-state index is 14.0. The molecule has 4 rings (SSSR count). The molecule has 2 aliphatic heterocycles. The molecule has 5 nitrogen and oxygen atoms in total. The number of rotatable bonds is 6. The van der Waals surface area contributed by atoms with Gasteiger partial charge in [0, 0.05) is 31.9 Å². The Bertz CT molecular complexity index is 958. The van der Waals surface area contributed by atoms with Crippen molar-refractivity contribution in [2.75, 3.05) is 38.1 Å². The molecule has 2 aliphatic rings. The van der Waals surface area contributed by atoms with Crippen LogP contribution in [-0.2, 0) is 16.4 Å². The highest BCUT2D eigenvalue weighted by Crippen LogP contribution is 2.32. The molecule has 1 saturated heterocycles. The van der Waals surface area contributed by atoms with E-state index in [4.69, 9.17) is 0 Å². The number of likely N-dealkylation sites (tertiary alicyclic amines) is 1. The summed E-state index contributed by atoms with van der Waals surface area (Å²) in [6.45, 7) is 3.13. The van der Waals surface area contributed by atoms with Crippen molar-refractivity contribution in [2.24, 2.45) is 0 Å². The van der Waals surface area contributed by atoms with Gasteiger partial charge in [-0.15, -0.1) is 0 Å². The summed E-state index contributed by atoms with van der Waals surface area (Å²) >= 11 is 0. The Labute approximate surface area is 166 Å². The lowest BCUT2D eigenvalue weighted by molar-refractivity contribution is 0.246. The highest BCUT2D eigenvalue weighted by atomic mass is 32.2. The Balaban J connectivity index is 1.58. The first kappa shape index (κ1) is 19.4. The summed E-state index contributed by atoms with van der Waals surface area (Å²) in [6, 6.07) is 11.9. The Hall–Kier alpha value is -1.96. The zero-order valence-corrected chi connectivity index (χ0v) is 16.9. The number of hydrogen-bond acceptors (Lipinski definition) is 4. The molecule has 2 aromatic carbocycles. The standard InChI is InChI=1S/C21H26FN3O2S/c1-24-13-10-17-14-16(8-9-19(17)24)20(25-11-4-5-12-25)15-23-28(26,27)21-7-3-2-6-18(21)22/h2-3,6-9,14,20,23H,4-5,10-13,15H2,1H3/t20-/m1/s1. The summed E-state index contributed by atoms with van der Waals surface area (Å²) in [5.41, 5.74) is 3.67. The summed E-state index contributed by atoms with van der Waals surface area (Å²) in [7, 11) is -1.81. The monoisotopic (exact) mass is 403 g/mol. The number of hydrogen-bond donors (Lipinski definition) is 1. The number of sulfonamides is 1. The first-order valence-electron chi connectivity index (χ1n) is 9.78. The van der Waals surface area contributed by atoms with Gasteiger partial charge in [0.15, 0.2) is 0 Å². The van der Waals surface area contributed by atoms with Gasteiger partial charge in [0.1, 0.15) is 10.7 Å². The summed E-state index contributed by atoms with van der Waals surface area (Å²) in [6.07, 6.45) is 3.24. The van der Waals surface area contributed by atoms with Crippen molar-refractivity contribution in [1.29, 1.82) is 0 Å². The predicted molar refractivity (Wildman–Crippen MR) is 109 cm³/mol. The van der Waals surface area contributed by atoms with E-state index in [0.29, 0.717) is 0 Å². The van der Waals surface area contributed by atoms with Crippen LogP contribution < -0.4 is 9.62 Å². The van der Waals surface area contributed by atoms with Crippen LogP contribution in [0.15, 0.2) is 47.4 Å². The predicted octanol–water partition coefficient (Wildman–Crippen LogP) is 2.93. The molecule has 2 heterocycles. The largest absolute Gasteiger partial charge is 0.374 e. The fourth-order valence-corrected chi connectivity index (χ4v) is 5.35. The first-order valence-corrected chi connectivity index (χ1v) is 11.3. The molecule has 2 aromatic rings. The maximum atomic E-state index is 14.0. The molecule has 0 aliphatic carbocycles. The minimum atomic E-state index is -3.90. The second-order valence-electron chi connectivity index (χ2n) is 7.60. The highest BCUT2D eigenvalue weighted by Gasteiger charge is 2.28. The van der Waals surface area contributed by atoms with Gasteiger partial charge in [0.25, 0.3) is 0 Å². The Kier molecular flexibility index (Phi) is 5.40. The topological polar surface area (TPSA) is 52.7 Å². The van der Waals surface area contributed by atoms with E-state index in [1.807, 2.05) is 0 Å². The minimum absolute atomic E-state index is 0.0553. The third-order valence-corrected chi connectivity index (χ3v) is 7.25. The third kappa shape index (κ3) is 3.79. The van der Waals surface area contributed by atoms with Crippen LogP contribution in [0.4, 0.5) is 10.1 Å². The number of benzene rings is 2. The van der Waals surface area contributed by atoms with E-state index in [9.17, 15) is 12.8 Å². The van der Waals surface area contributed by atoms with Gasteiger partial charge in [-0.3, -0.25) is 4.90 Å². The summed E-state index contributed by atoms with van der Waals surface area (Å²) in [4.78, 5) is 4.26. The van der Waals surface area contributed by atoms with Gasteiger partial charge >= 0.3 is 0 Å². The van der Waals surface area contributed by atoms with Gasteiger partial charge in [-0.1, -0.05) is 24.3 Å². The van der Waals surface area contributed by atoms with Gasteiger partial charge in [-0.2, -0.15) is 0 Å². The normalized spacial score (nSPS) is 18.4. The molecule has 1 fully saturated rings. The number of likely N-dealkylation sites (N-methyl/N-ethyl adjacent to an activating group) is 1. The lowest BCUT2D eigenvalue weighted by atomic mass is 10.0. The Morgan fingerprint density at radius 1 is 1.11 bits per heavy atom. The quantitative estimate of drug-likeness (QED) is 0.806.